The largest absolute Gasteiger partial charge is 0.480 e. The second-order valence-electron chi connectivity index (χ2n) is 10.5. The van der Waals surface area contributed by atoms with Gasteiger partial charge in [-0.3, -0.25) is 9.59 Å². The van der Waals surface area contributed by atoms with E-state index in [-0.39, 0.29) is 29.7 Å². The minimum absolute atomic E-state index is 0.0131. The van der Waals surface area contributed by atoms with Crippen LogP contribution in [0.3, 0.4) is 0 Å². The summed E-state index contributed by atoms with van der Waals surface area (Å²) in [6, 6.07) is 15.8. The summed E-state index contributed by atoms with van der Waals surface area (Å²) in [6.45, 7) is 10.3. The number of aliphatic carboxylic acids is 1. The van der Waals surface area contributed by atoms with Crippen LogP contribution in [0.15, 0.2) is 60.8 Å². The second-order valence-corrected chi connectivity index (χ2v) is 10.5. The standard InChI is InChI=1S/C29H31N3O4/c1-17(2)25(28(35)36)32-16-21-7-6-19(14-23(21)27(32)34)20-10-13-24(30-15-20)31-26(33)18-8-11-22(12-9-18)29(3,4)5/h6-15,17,25H,16H2,1-5H3,(H,35,36)(H,30,31,33). The third kappa shape index (κ3) is 5.00. The molecule has 0 radical (unpaired) electrons. The average Bonchev–Trinajstić information content (AvgIpc) is 3.14. The van der Waals surface area contributed by atoms with Crippen LogP contribution in [0, 0.1) is 5.92 Å². The van der Waals surface area contributed by atoms with Crippen LogP contribution in [-0.4, -0.2) is 38.8 Å². The number of pyridine rings is 1. The molecule has 1 atom stereocenters. The molecule has 186 valence electrons. The molecule has 0 saturated heterocycles. The second kappa shape index (κ2) is 9.57. The number of fused-ring (bicyclic) bond motifs is 1. The number of hydrogen-bond acceptors (Lipinski definition) is 4. The van der Waals surface area contributed by atoms with Crippen LogP contribution in [0.4, 0.5) is 5.82 Å². The fraction of sp³-hybridized carbons (Fsp3) is 0.310. The molecule has 0 bridgehead atoms. The van der Waals surface area contributed by atoms with Crippen molar-refractivity contribution in [3.63, 3.8) is 0 Å². The molecule has 3 aromatic rings. The number of benzene rings is 2. The van der Waals surface area contributed by atoms with E-state index in [0.29, 0.717) is 16.9 Å². The van der Waals surface area contributed by atoms with E-state index >= 15 is 0 Å². The van der Waals surface area contributed by atoms with Crippen molar-refractivity contribution in [2.45, 2.75) is 52.6 Å². The van der Waals surface area contributed by atoms with Crippen molar-refractivity contribution in [3.05, 3.63) is 83.0 Å². The Balaban J connectivity index is 1.48. The van der Waals surface area contributed by atoms with E-state index in [1.807, 2.05) is 42.5 Å². The number of hydrogen-bond donors (Lipinski definition) is 2. The number of carbonyl (C=O) groups is 3. The molecular formula is C29H31N3O4. The highest BCUT2D eigenvalue weighted by molar-refractivity contribution is 6.04. The number of aromatic nitrogens is 1. The Labute approximate surface area is 211 Å². The highest BCUT2D eigenvalue weighted by Crippen LogP contribution is 2.31. The summed E-state index contributed by atoms with van der Waals surface area (Å²) in [6.07, 6.45) is 1.64. The smallest absolute Gasteiger partial charge is 0.326 e. The van der Waals surface area contributed by atoms with E-state index in [1.54, 1.807) is 32.2 Å². The lowest BCUT2D eigenvalue weighted by molar-refractivity contribution is -0.144. The van der Waals surface area contributed by atoms with E-state index in [9.17, 15) is 19.5 Å². The normalized spacial score (nSPS) is 14.1. The Morgan fingerprint density at radius 1 is 1.00 bits per heavy atom. The topological polar surface area (TPSA) is 99.6 Å². The maximum absolute atomic E-state index is 13.0. The van der Waals surface area contributed by atoms with Gasteiger partial charge in [0.15, 0.2) is 0 Å². The molecule has 2 aromatic carbocycles. The Kier molecular flexibility index (Phi) is 6.67. The zero-order valence-corrected chi connectivity index (χ0v) is 21.2. The third-order valence-corrected chi connectivity index (χ3v) is 6.51. The van der Waals surface area contributed by atoms with E-state index < -0.39 is 12.0 Å². The Bertz CT molecular complexity index is 1310. The van der Waals surface area contributed by atoms with Gasteiger partial charge in [0, 0.05) is 29.4 Å². The zero-order chi connectivity index (χ0) is 26.2. The van der Waals surface area contributed by atoms with E-state index in [4.69, 9.17) is 0 Å². The van der Waals surface area contributed by atoms with Gasteiger partial charge in [0.2, 0.25) is 0 Å². The molecule has 2 N–H and O–H groups in total. The Morgan fingerprint density at radius 2 is 1.67 bits per heavy atom. The van der Waals surface area contributed by atoms with Crippen molar-refractivity contribution in [1.29, 1.82) is 0 Å². The molecular weight excluding hydrogens is 454 g/mol. The first kappa shape index (κ1) is 25.1. The first-order valence-electron chi connectivity index (χ1n) is 12.0. The van der Waals surface area contributed by atoms with Crippen molar-refractivity contribution >= 4 is 23.6 Å². The van der Waals surface area contributed by atoms with Gasteiger partial charge >= 0.3 is 5.97 Å². The fourth-order valence-corrected chi connectivity index (χ4v) is 4.45. The number of nitrogens with one attached hydrogen (secondary N) is 1. The molecule has 7 heteroatoms. The van der Waals surface area contributed by atoms with Gasteiger partial charge in [0.1, 0.15) is 11.9 Å². The molecule has 0 saturated carbocycles. The summed E-state index contributed by atoms with van der Waals surface area (Å²) in [5, 5.41) is 12.4. The summed E-state index contributed by atoms with van der Waals surface area (Å²) in [5.41, 5.74) is 4.62. The number of anilines is 1. The number of amides is 2. The number of carbonyl (C=O) groups excluding carboxylic acids is 2. The fourth-order valence-electron chi connectivity index (χ4n) is 4.45. The van der Waals surface area contributed by atoms with Crippen LogP contribution in [0.1, 0.15) is 66.5 Å². The summed E-state index contributed by atoms with van der Waals surface area (Å²) in [7, 11) is 0. The summed E-state index contributed by atoms with van der Waals surface area (Å²) in [4.78, 5) is 43.2. The van der Waals surface area contributed by atoms with Crippen LogP contribution >= 0.6 is 0 Å². The lowest BCUT2D eigenvalue weighted by atomic mass is 9.87. The van der Waals surface area contributed by atoms with Gasteiger partial charge in [-0.1, -0.05) is 58.9 Å². The van der Waals surface area contributed by atoms with E-state index in [0.717, 1.165) is 22.3 Å². The first-order valence-corrected chi connectivity index (χ1v) is 12.0. The molecule has 7 nitrogen and oxygen atoms in total. The quantitative estimate of drug-likeness (QED) is 0.489. The van der Waals surface area contributed by atoms with Gasteiger partial charge in [0.25, 0.3) is 11.8 Å². The first-order chi connectivity index (χ1) is 17.0. The minimum Gasteiger partial charge on any atom is -0.480 e. The van der Waals surface area contributed by atoms with E-state index in [2.05, 4.69) is 31.1 Å². The van der Waals surface area contributed by atoms with Gasteiger partial charge in [-0.2, -0.15) is 0 Å². The summed E-state index contributed by atoms with van der Waals surface area (Å²) < 4.78 is 0. The maximum Gasteiger partial charge on any atom is 0.326 e. The lowest BCUT2D eigenvalue weighted by Crippen LogP contribution is -2.44. The van der Waals surface area contributed by atoms with Crippen LogP contribution in [0.25, 0.3) is 11.1 Å². The van der Waals surface area contributed by atoms with Crippen LogP contribution in [-0.2, 0) is 16.8 Å². The van der Waals surface area contributed by atoms with Gasteiger partial charge in [0.05, 0.1) is 0 Å². The zero-order valence-electron chi connectivity index (χ0n) is 21.2. The van der Waals surface area contributed by atoms with Crippen molar-refractivity contribution in [2.24, 2.45) is 5.92 Å². The Hall–Kier alpha value is -4.00. The molecule has 0 spiro atoms. The SMILES string of the molecule is CC(C)C(C(=O)O)N1Cc2ccc(-c3ccc(NC(=O)c4ccc(C(C)(C)C)cc4)nc3)cc2C1=O. The lowest BCUT2D eigenvalue weighted by Gasteiger charge is -2.27. The number of carboxylic acid groups (broad SMARTS) is 1. The summed E-state index contributed by atoms with van der Waals surface area (Å²) in [5.74, 6) is -1.30. The monoisotopic (exact) mass is 485 g/mol. The number of carboxylic acids is 1. The molecule has 36 heavy (non-hydrogen) atoms. The minimum atomic E-state index is -1.00. The molecule has 1 aliphatic rings. The number of nitrogens with zero attached hydrogens (tertiary/aromatic N) is 2. The van der Waals surface area contributed by atoms with Crippen molar-refractivity contribution in [2.75, 3.05) is 5.32 Å². The number of rotatable bonds is 6. The van der Waals surface area contributed by atoms with Crippen LogP contribution < -0.4 is 5.32 Å². The van der Waals surface area contributed by atoms with Crippen molar-refractivity contribution in [3.8, 4) is 11.1 Å². The van der Waals surface area contributed by atoms with Crippen LogP contribution in [0.2, 0.25) is 0 Å². The van der Waals surface area contributed by atoms with Crippen molar-refractivity contribution < 1.29 is 19.5 Å². The summed E-state index contributed by atoms with van der Waals surface area (Å²) >= 11 is 0. The van der Waals surface area contributed by atoms with Crippen LogP contribution in [0.5, 0.6) is 0 Å². The highest BCUT2D eigenvalue weighted by Gasteiger charge is 2.38. The highest BCUT2D eigenvalue weighted by atomic mass is 16.4. The molecule has 2 heterocycles. The van der Waals surface area contributed by atoms with Gasteiger partial charge < -0.3 is 15.3 Å². The molecule has 0 fully saturated rings. The third-order valence-electron chi connectivity index (χ3n) is 6.51. The van der Waals surface area contributed by atoms with Gasteiger partial charge in [-0.05, 0) is 58.4 Å². The molecule has 4 rings (SSSR count). The molecule has 0 aliphatic carbocycles. The molecule has 1 aliphatic heterocycles. The average molecular weight is 486 g/mol. The van der Waals surface area contributed by atoms with Gasteiger partial charge in [-0.15, -0.1) is 0 Å². The maximum atomic E-state index is 13.0. The molecule has 1 unspecified atom stereocenters. The predicted octanol–water partition coefficient (Wildman–Crippen LogP) is 5.36. The van der Waals surface area contributed by atoms with Gasteiger partial charge in [-0.25, -0.2) is 9.78 Å². The molecule has 2 amide bonds. The molecule has 1 aromatic heterocycles. The predicted molar refractivity (Wildman–Crippen MR) is 139 cm³/mol. The Morgan fingerprint density at radius 3 is 2.22 bits per heavy atom. The van der Waals surface area contributed by atoms with E-state index in [1.165, 1.54) is 4.90 Å². The van der Waals surface area contributed by atoms with Crippen molar-refractivity contribution in [1.82, 2.24) is 9.88 Å².